The maximum Gasteiger partial charge on any atom is 0.411 e. The van der Waals surface area contributed by atoms with Crippen LogP contribution < -0.4 is 4.90 Å². The summed E-state index contributed by atoms with van der Waals surface area (Å²) in [5, 5.41) is 0. The van der Waals surface area contributed by atoms with Gasteiger partial charge in [-0.15, -0.1) is 0 Å². The van der Waals surface area contributed by atoms with E-state index in [9.17, 15) is 22.8 Å². The largest absolute Gasteiger partial charge is 0.449 e. The number of alkyl halides is 3. The van der Waals surface area contributed by atoms with Gasteiger partial charge in [0.25, 0.3) is 5.91 Å². The number of nitrogens with zero attached hydrogens (tertiary/aromatic N) is 2. The smallest absolute Gasteiger partial charge is 0.411 e. The number of amides is 1. The molecule has 0 fully saturated rings. The van der Waals surface area contributed by atoms with Crippen molar-refractivity contribution in [3.05, 3.63) is 111 Å². The fraction of sp³-hybridized carbons (Fsp3) is 0.179. The van der Waals surface area contributed by atoms with Gasteiger partial charge in [0.2, 0.25) is 0 Å². The molecular formula is C28H22F3IN2O3. The van der Waals surface area contributed by atoms with Gasteiger partial charge < -0.3 is 9.64 Å². The van der Waals surface area contributed by atoms with Gasteiger partial charge in [0.15, 0.2) is 6.10 Å². The lowest BCUT2D eigenvalue weighted by Crippen LogP contribution is -2.31. The lowest BCUT2D eigenvalue weighted by molar-refractivity contribution is -0.146. The van der Waals surface area contributed by atoms with E-state index < -0.39 is 36.6 Å². The molecule has 0 spiro atoms. The SMILES string of the molecule is CN1C(=O)C(=NC(C/C=C/C(=O)OC(c2ccccc2)c2ccccc2)C(F)(F)F)c2cc(I)ccc21. The predicted octanol–water partition coefficient (Wildman–Crippen LogP) is 6.27. The van der Waals surface area contributed by atoms with Crippen LogP contribution in [0, 0.1) is 3.57 Å². The van der Waals surface area contributed by atoms with Crippen LogP contribution in [-0.2, 0) is 14.3 Å². The molecule has 3 aromatic rings. The molecule has 1 amide bonds. The molecule has 0 saturated heterocycles. The molecular weight excluding hydrogens is 596 g/mol. The third kappa shape index (κ3) is 6.27. The number of halogens is 4. The normalized spacial score (nSPS) is 15.5. The average molecular weight is 618 g/mol. The minimum absolute atomic E-state index is 0.248. The zero-order valence-electron chi connectivity index (χ0n) is 19.7. The van der Waals surface area contributed by atoms with Gasteiger partial charge >= 0.3 is 12.1 Å². The number of benzene rings is 3. The van der Waals surface area contributed by atoms with Crippen molar-refractivity contribution in [1.82, 2.24) is 0 Å². The number of aliphatic imine (C=N–C) groups is 1. The van der Waals surface area contributed by atoms with Gasteiger partial charge in [0, 0.05) is 22.3 Å². The molecule has 0 radical (unpaired) electrons. The average Bonchev–Trinajstić information content (AvgIpc) is 3.11. The lowest BCUT2D eigenvalue weighted by Gasteiger charge is -2.18. The van der Waals surface area contributed by atoms with E-state index in [0.29, 0.717) is 11.3 Å². The third-order valence-electron chi connectivity index (χ3n) is 5.80. The first kappa shape index (κ1) is 26.6. The Morgan fingerprint density at radius 1 is 1.03 bits per heavy atom. The van der Waals surface area contributed by atoms with Gasteiger partial charge in [0.05, 0.1) is 5.69 Å². The number of ether oxygens (including phenoxy) is 1. The highest BCUT2D eigenvalue weighted by molar-refractivity contribution is 14.1. The summed E-state index contributed by atoms with van der Waals surface area (Å²) in [7, 11) is 1.49. The fourth-order valence-electron chi connectivity index (χ4n) is 3.95. The quantitative estimate of drug-likeness (QED) is 0.178. The maximum absolute atomic E-state index is 13.8. The predicted molar refractivity (Wildman–Crippen MR) is 144 cm³/mol. The molecule has 3 aromatic carbocycles. The third-order valence-corrected chi connectivity index (χ3v) is 6.47. The van der Waals surface area contributed by atoms with E-state index in [0.717, 1.165) is 26.8 Å². The second kappa shape index (κ2) is 11.3. The number of esters is 1. The number of likely N-dealkylation sites (N-methyl/N-ethyl adjacent to an activating group) is 1. The van der Waals surface area contributed by atoms with E-state index in [4.69, 9.17) is 4.74 Å². The Balaban J connectivity index is 1.53. The summed E-state index contributed by atoms with van der Waals surface area (Å²) < 4.78 is 47.9. The summed E-state index contributed by atoms with van der Waals surface area (Å²) in [5.74, 6) is -1.40. The summed E-state index contributed by atoms with van der Waals surface area (Å²) in [6, 6.07) is 21.0. The zero-order chi connectivity index (χ0) is 26.6. The highest BCUT2D eigenvalue weighted by Crippen LogP contribution is 2.33. The van der Waals surface area contributed by atoms with Crippen LogP contribution in [0.3, 0.4) is 0 Å². The van der Waals surface area contributed by atoms with Crippen molar-refractivity contribution in [1.29, 1.82) is 0 Å². The molecule has 1 heterocycles. The van der Waals surface area contributed by atoms with Gasteiger partial charge in [-0.3, -0.25) is 9.79 Å². The second-order valence-corrected chi connectivity index (χ2v) is 9.58. The topological polar surface area (TPSA) is 59.0 Å². The molecule has 4 rings (SSSR count). The molecule has 5 nitrogen and oxygen atoms in total. The van der Waals surface area contributed by atoms with Crippen LogP contribution in [0.2, 0.25) is 0 Å². The van der Waals surface area contributed by atoms with Crippen molar-refractivity contribution < 1.29 is 27.5 Å². The van der Waals surface area contributed by atoms with Crippen molar-refractivity contribution >= 4 is 45.9 Å². The molecule has 1 aliphatic rings. The highest BCUT2D eigenvalue weighted by Gasteiger charge is 2.41. The number of hydrogen-bond donors (Lipinski definition) is 0. The van der Waals surface area contributed by atoms with Crippen LogP contribution in [0.5, 0.6) is 0 Å². The first-order valence-electron chi connectivity index (χ1n) is 11.3. The van der Waals surface area contributed by atoms with Crippen molar-refractivity contribution in [3.8, 4) is 0 Å². The fourth-order valence-corrected chi connectivity index (χ4v) is 4.44. The minimum atomic E-state index is -4.72. The molecule has 1 aliphatic heterocycles. The van der Waals surface area contributed by atoms with Gasteiger partial charge in [-0.2, -0.15) is 13.2 Å². The van der Waals surface area contributed by atoms with E-state index in [1.54, 1.807) is 42.5 Å². The van der Waals surface area contributed by atoms with Crippen LogP contribution in [0.15, 0.2) is 96.0 Å². The van der Waals surface area contributed by atoms with Gasteiger partial charge in [0.1, 0.15) is 11.8 Å². The Morgan fingerprint density at radius 2 is 1.62 bits per heavy atom. The van der Waals surface area contributed by atoms with Crippen LogP contribution in [0.25, 0.3) is 0 Å². The van der Waals surface area contributed by atoms with E-state index >= 15 is 0 Å². The second-order valence-electron chi connectivity index (χ2n) is 8.34. The van der Waals surface area contributed by atoms with Crippen LogP contribution in [0.1, 0.15) is 29.2 Å². The maximum atomic E-state index is 13.8. The number of hydrogen-bond acceptors (Lipinski definition) is 4. The molecule has 1 atom stereocenters. The van der Waals surface area contributed by atoms with Crippen LogP contribution in [-0.4, -0.2) is 36.9 Å². The molecule has 0 saturated carbocycles. The van der Waals surface area contributed by atoms with E-state index in [2.05, 4.69) is 4.99 Å². The Kier molecular flexibility index (Phi) is 8.11. The molecule has 0 N–H and O–H groups in total. The Bertz CT molecular complexity index is 1300. The van der Waals surface area contributed by atoms with E-state index in [-0.39, 0.29) is 5.71 Å². The Morgan fingerprint density at radius 3 is 2.19 bits per heavy atom. The zero-order valence-corrected chi connectivity index (χ0v) is 21.8. The van der Waals surface area contributed by atoms with E-state index in [1.165, 1.54) is 11.9 Å². The number of rotatable bonds is 7. The van der Waals surface area contributed by atoms with Crippen LogP contribution in [0.4, 0.5) is 18.9 Å². The molecule has 190 valence electrons. The van der Waals surface area contributed by atoms with Crippen molar-refractivity contribution in [2.24, 2.45) is 4.99 Å². The van der Waals surface area contributed by atoms with Crippen molar-refractivity contribution in [2.75, 3.05) is 11.9 Å². The summed E-state index contributed by atoms with van der Waals surface area (Å²) in [5.41, 5.74) is 2.06. The monoisotopic (exact) mass is 618 g/mol. The Hall–Kier alpha value is -3.47. The first-order chi connectivity index (χ1) is 17.6. The van der Waals surface area contributed by atoms with Gasteiger partial charge in [-0.1, -0.05) is 66.7 Å². The summed E-state index contributed by atoms with van der Waals surface area (Å²) in [6.45, 7) is 0. The summed E-state index contributed by atoms with van der Waals surface area (Å²) >= 11 is 2.03. The summed E-state index contributed by atoms with van der Waals surface area (Å²) in [4.78, 5) is 30.3. The molecule has 37 heavy (non-hydrogen) atoms. The molecule has 0 aromatic heterocycles. The van der Waals surface area contributed by atoms with Gasteiger partial charge in [-0.25, -0.2) is 4.79 Å². The van der Waals surface area contributed by atoms with Crippen molar-refractivity contribution in [3.63, 3.8) is 0 Å². The molecule has 0 bridgehead atoms. The van der Waals surface area contributed by atoms with Gasteiger partial charge in [-0.05, 0) is 58.3 Å². The Labute approximate surface area is 225 Å². The highest BCUT2D eigenvalue weighted by atomic mass is 127. The number of carbonyl (C=O) groups is 2. The standard InChI is InChI=1S/C28H22F3IN2O3/c1-34-22-16-15-20(32)17-21(22)25(27(34)36)33-23(28(29,30)31)13-8-14-24(35)37-26(18-9-4-2-5-10-18)19-11-6-3-7-12-19/h2-12,14-17,23,26H,13H2,1H3/b14-8+,33-25?. The lowest BCUT2D eigenvalue weighted by atomic mass is 10.0. The molecule has 9 heteroatoms. The number of fused-ring (bicyclic) bond motifs is 1. The number of anilines is 1. The van der Waals surface area contributed by atoms with Crippen LogP contribution >= 0.6 is 22.6 Å². The first-order valence-corrected chi connectivity index (χ1v) is 12.4. The molecule has 1 unspecified atom stereocenters. The molecule has 0 aliphatic carbocycles. The minimum Gasteiger partial charge on any atom is -0.449 e. The summed E-state index contributed by atoms with van der Waals surface area (Å²) in [6.07, 6.45) is -4.02. The van der Waals surface area contributed by atoms with Crippen molar-refractivity contribution in [2.45, 2.75) is 24.7 Å². The number of carbonyl (C=O) groups excluding carboxylic acids is 2. The van der Waals surface area contributed by atoms with E-state index in [1.807, 2.05) is 59.0 Å².